The monoisotopic (exact) mass is 302 g/mol. The molecule has 10 heteroatoms. The van der Waals surface area contributed by atoms with Crippen molar-refractivity contribution in [3.63, 3.8) is 0 Å². The van der Waals surface area contributed by atoms with Crippen LogP contribution >= 0.6 is 11.6 Å². The smallest absolute Gasteiger partial charge is 0.280 e. The van der Waals surface area contributed by atoms with Crippen molar-refractivity contribution >= 4 is 22.8 Å². The van der Waals surface area contributed by atoms with Crippen LogP contribution in [0.4, 0.5) is 0 Å². The average molecular weight is 303 g/mol. The summed E-state index contributed by atoms with van der Waals surface area (Å²) in [6.45, 7) is -0.448. The zero-order valence-corrected chi connectivity index (χ0v) is 10.7. The lowest BCUT2D eigenvalue weighted by atomic mass is 10.1. The van der Waals surface area contributed by atoms with Crippen LogP contribution in [0.5, 0.6) is 0 Å². The fraction of sp³-hybridized carbons (Fsp3) is 0.500. The van der Waals surface area contributed by atoms with Crippen LogP contribution in [0.2, 0.25) is 5.28 Å². The number of aliphatic hydroxyl groups is 3. The van der Waals surface area contributed by atoms with Crippen molar-refractivity contribution in [2.24, 2.45) is 0 Å². The van der Waals surface area contributed by atoms with Crippen LogP contribution in [-0.4, -0.2) is 59.8 Å². The van der Waals surface area contributed by atoms with Crippen molar-refractivity contribution in [2.75, 3.05) is 6.61 Å². The van der Waals surface area contributed by atoms with Gasteiger partial charge in [-0.1, -0.05) is 0 Å². The first kappa shape index (κ1) is 13.5. The number of hydrogen-bond acceptors (Lipinski definition) is 7. The molecule has 0 aliphatic carbocycles. The summed E-state index contributed by atoms with van der Waals surface area (Å²) in [7, 11) is 0. The minimum Gasteiger partial charge on any atom is -0.394 e. The maximum absolute atomic E-state index is 11.6. The second-order valence-corrected chi connectivity index (χ2v) is 4.77. The number of ether oxygens (including phenoxy) is 1. The first-order valence-corrected chi connectivity index (χ1v) is 6.15. The fourth-order valence-electron chi connectivity index (χ4n) is 2.20. The normalized spacial score (nSPS) is 30.2. The standard InChI is InChI=1S/C10H11ClN4O5/c11-10-13-7-4(8(19)14-10)12-2-15(7)9-6(18)5(17)3(1-16)20-9/h2-3,5-6,9,16-18H,1H2,(H,13,14,19)/t3-,5+,6+,9-/m1/s1. The quantitative estimate of drug-likeness (QED) is 0.490. The summed E-state index contributed by atoms with van der Waals surface area (Å²) in [4.78, 5) is 21.7. The Kier molecular flexibility index (Phi) is 3.22. The number of aromatic nitrogens is 4. The van der Waals surface area contributed by atoms with Gasteiger partial charge in [-0.2, -0.15) is 4.98 Å². The summed E-state index contributed by atoms with van der Waals surface area (Å²) in [6, 6.07) is 0. The van der Waals surface area contributed by atoms with E-state index in [2.05, 4.69) is 15.0 Å². The number of fused-ring (bicyclic) bond motifs is 1. The lowest BCUT2D eigenvalue weighted by Gasteiger charge is -2.16. The molecule has 9 nitrogen and oxygen atoms in total. The number of rotatable bonds is 2. The Morgan fingerprint density at radius 3 is 2.85 bits per heavy atom. The lowest BCUT2D eigenvalue weighted by Crippen LogP contribution is -2.33. The number of nitrogens with one attached hydrogen (secondary N) is 1. The van der Waals surface area contributed by atoms with Gasteiger partial charge in [0.15, 0.2) is 17.4 Å². The van der Waals surface area contributed by atoms with Crippen molar-refractivity contribution in [1.29, 1.82) is 0 Å². The van der Waals surface area contributed by atoms with E-state index >= 15 is 0 Å². The van der Waals surface area contributed by atoms with E-state index in [9.17, 15) is 15.0 Å². The van der Waals surface area contributed by atoms with Crippen molar-refractivity contribution in [1.82, 2.24) is 19.5 Å². The van der Waals surface area contributed by atoms with Crippen LogP contribution in [-0.2, 0) is 4.74 Å². The first-order chi connectivity index (χ1) is 9.52. The Labute approximate surface area is 116 Å². The molecule has 4 atom stereocenters. The highest BCUT2D eigenvalue weighted by atomic mass is 35.5. The molecule has 2 aromatic heterocycles. The van der Waals surface area contributed by atoms with Crippen LogP contribution in [0.1, 0.15) is 6.23 Å². The number of aliphatic hydroxyl groups excluding tert-OH is 3. The van der Waals surface area contributed by atoms with Crippen molar-refractivity contribution in [2.45, 2.75) is 24.5 Å². The number of halogens is 1. The predicted octanol–water partition coefficient (Wildman–Crippen LogP) is -1.62. The largest absolute Gasteiger partial charge is 0.394 e. The van der Waals surface area contributed by atoms with E-state index < -0.39 is 36.7 Å². The summed E-state index contributed by atoms with van der Waals surface area (Å²) < 4.78 is 6.64. The Morgan fingerprint density at radius 1 is 1.45 bits per heavy atom. The van der Waals surface area contributed by atoms with Gasteiger partial charge in [0.05, 0.1) is 12.9 Å². The van der Waals surface area contributed by atoms with E-state index in [1.54, 1.807) is 0 Å². The third-order valence-corrected chi connectivity index (χ3v) is 3.37. The minimum absolute atomic E-state index is 0.0344. The molecule has 4 N–H and O–H groups in total. The molecule has 1 fully saturated rings. The van der Waals surface area contributed by atoms with Gasteiger partial charge in [0, 0.05) is 0 Å². The molecular weight excluding hydrogens is 292 g/mol. The number of nitrogens with zero attached hydrogens (tertiary/aromatic N) is 3. The molecule has 1 aliphatic heterocycles. The first-order valence-electron chi connectivity index (χ1n) is 5.77. The maximum Gasteiger partial charge on any atom is 0.280 e. The van der Waals surface area contributed by atoms with E-state index in [-0.39, 0.29) is 16.4 Å². The minimum atomic E-state index is -1.29. The van der Waals surface area contributed by atoms with Gasteiger partial charge in [0.25, 0.3) is 5.56 Å². The van der Waals surface area contributed by atoms with Crippen molar-refractivity contribution < 1.29 is 20.1 Å². The number of imidazole rings is 1. The van der Waals surface area contributed by atoms with Crippen molar-refractivity contribution in [3.8, 4) is 0 Å². The molecule has 1 aliphatic rings. The molecule has 0 unspecified atom stereocenters. The molecule has 20 heavy (non-hydrogen) atoms. The van der Waals surface area contributed by atoms with E-state index in [1.165, 1.54) is 10.9 Å². The van der Waals surface area contributed by atoms with E-state index in [0.29, 0.717) is 0 Å². The highest BCUT2D eigenvalue weighted by Crippen LogP contribution is 2.30. The number of aromatic amines is 1. The second kappa shape index (κ2) is 4.79. The van der Waals surface area contributed by atoms with Crippen molar-refractivity contribution in [3.05, 3.63) is 22.0 Å². The Balaban J connectivity index is 2.09. The summed E-state index contributed by atoms with van der Waals surface area (Å²) in [5.41, 5.74) is -0.369. The molecule has 1 saturated heterocycles. The molecule has 3 heterocycles. The highest BCUT2D eigenvalue weighted by Gasteiger charge is 2.44. The van der Waals surface area contributed by atoms with Crippen LogP contribution < -0.4 is 5.56 Å². The Hall–Kier alpha value is -1.52. The molecule has 0 amide bonds. The van der Waals surface area contributed by atoms with Gasteiger partial charge < -0.3 is 20.1 Å². The molecule has 2 aromatic rings. The van der Waals surface area contributed by atoms with Crippen LogP contribution in [0.25, 0.3) is 11.2 Å². The summed E-state index contributed by atoms with van der Waals surface area (Å²) in [6.07, 6.45) is -3.23. The molecule has 0 saturated carbocycles. The van der Waals surface area contributed by atoms with E-state index in [0.717, 1.165) is 0 Å². The summed E-state index contributed by atoms with van der Waals surface area (Å²) in [5.74, 6) is 0. The molecule has 0 aromatic carbocycles. The Morgan fingerprint density at radius 2 is 2.20 bits per heavy atom. The highest BCUT2D eigenvalue weighted by molar-refractivity contribution is 6.28. The second-order valence-electron chi connectivity index (χ2n) is 4.41. The number of H-pyrrole nitrogens is 1. The molecular formula is C10H11ClN4O5. The molecule has 0 spiro atoms. The van der Waals surface area contributed by atoms with Gasteiger partial charge in [-0.15, -0.1) is 0 Å². The predicted molar refractivity (Wildman–Crippen MR) is 66.2 cm³/mol. The van der Waals surface area contributed by atoms with Gasteiger partial charge in [0.1, 0.15) is 18.3 Å². The summed E-state index contributed by atoms with van der Waals surface area (Å²) >= 11 is 5.68. The topological polar surface area (TPSA) is 133 Å². The van der Waals surface area contributed by atoms with E-state index in [4.69, 9.17) is 21.4 Å². The average Bonchev–Trinajstić information content (AvgIpc) is 2.93. The zero-order chi connectivity index (χ0) is 14.4. The molecule has 3 rings (SSSR count). The zero-order valence-electron chi connectivity index (χ0n) is 9.97. The van der Waals surface area contributed by atoms with Gasteiger partial charge in [-0.25, -0.2) is 4.98 Å². The van der Waals surface area contributed by atoms with Crippen LogP contribution in [0.15, 0.2) is 11.1 Å². The van der Waals surface area contributed by atoms with Crippen LogP contribution in [0, 0.1) is 0 Å². The summed E-state index contributed by atoms with van der Waals surface area (Å²) in [5, 5.41) is 28.6. The maximum atomic E-state index is 11.6. The third-order valence-electron chi connectivity index (χ3n) is 3.19. The molecule has 108 valence electrons. The van der Waals surface area contributed by atoms with Gasteiger partial charge in [-0.3, -0.25) is 14.3 Å². The molecule has 0 bridgehead atoms. The Bertz CT molecular complexity index is 701. The SMILES string of the molecule is O=c1[nH]c(Cl)nc2c1ncn2[C@@H]1O[C@H](CO)[C@H](O)[C@@H]1O. The van der Waals surface area contributed by atoms with Gasteiger partial charge >= 0.3 is 0 Å². The number of hydrogen-bond donors (Lipinski definition) is 4. The van der Waals surface area contributed by atoms with Crippen LogP contribution in [0.3, 0.4) is 0 Å². The van der Waals surface area contributed by atoms with E-state index in [1.807, 2.05) is 0 Å². The van der Waals surface area contributed by atoms with Gasteiger partial charge in [0.2, 0.25) is 5.28 Å². The lowest BCUT2D eigenvalue weighted by molar-refractivity contribution is -0.0511. The third kappa shape index (κ3) is 1.91. The van der Waals surface area contributed by atoms with Gasteiger partial charge in [-0.05, 0) is 11.6 Å². The molecule has 0 radical (unpaired) electrons. The fourth-order valence-corrected chi connectivity index (χ4v) is 2.36.